The van der Waals surface area contributed by atoms with E-state index in [1.807, 2.05) is 0 Å². The molecule has 2 N–H and O–H groups in total. The van der Waals surface area contributed by atoms with Crippen LogP contribution in [0.5, 0.6) is 0 Å². The summed E-state index contributed by atoms with van der Waals surface area (Å²) in [4.78, 5) is 18.2. The average molecular weight is 525 g/mol. The fourth-order valence-electron chi connectivity index (χ4n) is 0.352. The SMILES string of the molecule is CC(=[Se])CCC(C)=[Se].O=C(O)C(=O)O.[Pt]. The number of carboxylic acids is 2. The van der Waals surface area contributed by atoms with E-state index in [1.165, 1.54) is 21.7 Å². The van der Waals surface area contributed by atoms with Crippen LogP contribution in [0.1, 0.15) is 26.7 Å². The summed E-state index contributed by atoms with van der Waals surface area (Å²) in [6.07, 6.45) is 2.36. The van der Waals surface area contributed by atoms with E-state index in [1.54, 1.807) is 0 Å². The summed E-state index contributed by atoms with van der Waals surface area (Å²) in [6.45, 7) is 4.23. The Hall–Kier alpha value is 0.407. The summed E-state index contributed by atoms with van der Waals surface area (Å²) in [6, 6.07) is 0. The third kappa shape index (κ3) is 25.1. The Morgan fingerprint density at radius 1 is 0.933 bits per heavy atom. The van der Waals surface area contributed by atoms with Crippen molar-refractivity contribution >= 4 is 51.9 Å². The molecule has 0 fully saturated rings. The van der Waals surface area contributed by atoms with Gasteiger partial charge in [0.25, 0.3) is 0 Å². The molecule has 4 nitrogen and oxygen atoms in total. The molecule has 0 radical (unpaired) electrons. The van der Waals surface area contributed by atoms with E-state index in [0.29, 0.717) is 0 Å². The molecule has 0 aromatic carbocycles. The Bertz CT molecular complexity index is 227. The Morgan fingerprint density at radius 3 is 1.20 bits per heavy atom. The van der Waals surface area contributed by atoms with Crippen molar-refractivity contribution in [3.63, 3.8) is 0 Å². The second-order valence-corrected chi connectivity index (χ2v) is 5.44. The topological polar surface area (TPSA) is 74.6 Å². The Kier molecular flexibility index (Phi) is 17.3. The molecule has 0 saturated carbocycles. The van der Waals surface area contributed by atoms with Crippen molar-refractivity contribution in [2.75, 3.05) is 0 Å². The van der Waals surface area contributed by atoms with E-state index in [2.05, 4.69) is 45.0 Å². The van der Waals surface area contributed by atoms with Crippen molar-refractivity contribution in [1.82, 2.24) is 0 Å². The Balaban J connectivity index is -0.000000187. The van der Waals surface area contributed by atoms with Gasteiger partial charge in [0.05, 0.1) is 0 Å². The first kappa shape index (κ1) is 20.8. The summed E-state index contributed by atoms with van der Waals surface area (Å²) in [5.41, 5.74) is 0. The monoisotopic (exact) mass is 527 g/mol. The number of carboxylic acid groups (broad SMARTS) is 2. The summed E-state index contributed by atoms with van der Waals surface area (Å²) in [7, 11) is 0. The van der Waals surface area contributed by atoms with Crippen LogP contribution in [0, 0.1) is 0 Å². The van der Waals surface area contributed by atoms with Crippen LogP contribution in [-0.4, -0.2) is 62.1 Å². The van der Waals surface area contributed by atoms with Crippen molar-refractivity contribution in [2.24, 2.45) is 0 Å². The maximum Gasteiger partial charge on any atom is 0.414 e. The summed E-state index contributed by atoms with van der Waals surface area (Å²) in [5, 5.41) is 14.8. The van der Waals surface area contributed by atoms with Gasteiger partial charge in [-0.2, -0.15) is 0 Å². The smallest absolute Gasteiger partial charge is 0.414 e. The minimum absolute atomic E-state index is 0. The molecule has 0 amide bonds. The standard InChI is InChI=1S/C6H10Se2.C2H2O4.Pt/c1-5(7)3-4-6(2)8;3-1(4)2(5)6;/h3-4H2,1-2H3;(H,3,4)(H,5,6);. The molecule has 0 bridgehead atoms. The molecule has 0 aliphatic rings. The van der Waals surface area contributed by atoms with Gasteiger partial charge in [-0.3, -0.25) is 0 Å². The van der Waals surface area contributed by atoms with Crippen LogP contribution in [0.15, 0.2) is 0 Å². The van der Waals surface area contributed by atoms with Crippen LogP contribution in [0.2, 0.25) is 0 Å². The van der Waals surface area contributed by atoms with Crippen LogP contribution in [0.25, 0.3) is 0 Å². The average Bonchev–Trinajstić information content (AvgIpc) is 2.01. The third-order valence-corrected chi connectivity index (χ3v) is 1.87. The number of rotatable bonds is 3. The summed E-state index contributed by atoms with van der Waals surface area (Å²) in [5.74, 6) is -3.65. The van der Waals surface area contributed by atoms with E-state index in [-0.39, 0.29) is 21.1 Å². The molecular weight excluding hydrogens is 513 g/mol. The molecule has 0 aromatic rings. The Labute approximate surface area is 119 Å². The molecule has 0 saturated heterocycles. The zero-order valence-corrected chi connectivity index (χ0v) is 14.0. The zero-order chi connectivity index (χ0) is 11.7. The van der Waals surface area contributed by atoms with Gasteiger partial charge in [-0.25, -0.2) is 9.59 Å². The number of hydrogen-bond donors (Lipinski definition) is 2. The number of hydrogen-bond acceptors (Lipinski definition) is 2. The van der Waals surface area contributed by atoms with Gasteiger partial charge in [-0.1, -0.05) is 0 Å². The fourth-order valence-corrected chi connectivity index (χ4v) is 0.780. The first-order chi connectivity index (χ1) is 6.27. The molecule has 0 spiro atoms. The second-order valence-electron chi connectivity index (χ2n) is 2.51. The van der Waals surface area contributed by atoms with Gasteiger partial charge in [0.15, 0.2) is 0 Å². The molecule has 0 aliphatic carbocycles. The summed E-state index contributed by atoms with van der Waals surface area (Å²) < 4.78 is 2.78. The van der Waals surface area contributed by atoms with E-state index in [0.717, 1.165) is 0 Å². The van der Waals surface area contributed by atoms with Crippen LogP contribution in [0.4, 0.5) is 0 Å². The van der Waals surface area contributed by atoms with Crippen LogP contribution < -0.4 is 0 Å². The normalized spacial score (nSPS) is 7.60. The first-order valence-corrected chi connectivity index (χ1v) is 5.43. The molecule has 0 atom stereocenters. The van der Waals surface area contributed by atoms with E-state index in [4.69, 9.17) is 19.8 Å². The fraction of sp³-hybridized carbons (Fsp3) is 0.500. The van der Waals surface area contributed by atoms with Gasteiger partial charge < -0.3 is 10.2 Å². The second kappa shape index (κ2) is 12.5. The zero-order valence-electron chi connectivity index (χ0n) is 8.26. The number of aliphatic carboxylic acids is 2. The van der Waals surface area contributed by atoms with Crippen molar-refractivity contribution in [1.29, 1.82) is 0 Å². The number of carbonyl (C=O) groups is 2. The quantitative estimate of drug-likeness (QED) is 0.391. The van der Waals surface area contributed by atoms with Crippen LogP contribution in [-0.2, 0) is 30.7 Å². The minimum Gasteiger partial charge on any atom is -0.473 e. The van der Waals surface area contributed by atoms with Crippen LogP contribution in [0.3, 0.4) is 0 Å². The molecule has 0 heterocycles. The minimum atomic E-state index is -1.82. The molecular formula is C8H12O4PtSe2. The van der Waals surface area contributed by atoms with Gasteiger partial charge >= 0.3 is 78.6 Å². The van der Waals surface area contributed by atoms with E-state index >= 15 is 0 Å². The van der Waals surface area contributed by atoms with Gasteiger partial charge in [0, 0.05) is 21.1 Å². The van der Waals surface area contributed by atoms with Gasteiger partial charge in [0.2, 0.25) is 0 Å². The Morgan fingerprint density at radius 2 is 1.13 bits per heavy atom. The maximum absolute atomic E-state index is 9.10. The van der Waals surface area contributed by atoms with Crippen molar-refractivity contribution < 1.29 is 40.9 Å². The van der Waals surface area contributed by atoms with Crippen molar-refractivity contribution in [3.8, 4) is 0 Å². The predicted molar refractivity (Wildman–Crippen MR) is 57.4 cm³/mol. The molecule has 90 valence electrons. The predicted octanol–water partition coefficient (Wildman–Crippen LogP) is -0.359. The molecule has 0 unspecified atom stereocenters. The van der Waals surface area contributed by atoms with Gasteiger partial charge in [-0.15, -0.1) is 0 Å². The van der Waals surface area contributed by atoms with E-state index < -0.39 is 11.9 Å². The molecule has 15 heavy (non-hydrogen) atoms. The molecule has 0 rings (SSSR count). The third-order valence-electron chi connectivity index (χ3n) is 1.01. The van der Waals surface area contributed by atoms with Crippen molar-refractivity contribution in [3.05, 3.63) is 0 Å². The van der Waals surface area contributed by atoms with Crippen LogP contribution >= 0.6 is 0 Å². The van der Waals surface area contributed by atoms with Gasteiger partial charge in [0.1, 0.15) is 0 Å². The largest absolute Gasteiger partial charge is 0.473 e. The molecule has 0 aliphatic heterocycles. The molecule has 0 aromatic heterocycles. The van der Waals surface area contributed by atoms with Gasteiger partial charge in [-0.05, 0) is 0 Å². The van der Waals surface area contributed by atoms with Crippen molar-refractivity contribution in [2.45, 2.75) is 26.7 Å². The maximum atomic E-state index is 9.10. The first-order valence-electron chi connectivity index (χ1n) is 3.72. The summed E-state index contributed by atoms with van der Waals surface area (Å²) >= 11 is 5.97. The molecule has 7 heteroatoms. The van der Waals surface area contributed by atoms with E-state index in [9.17, 15) is 0 Å².